The van der Waals surface area contributed by atoms with E-state index in [4.69, 9.17) is 5.73 Å². The van der Waals surface area contributed by atoms with Crippen LogP contribution in [0, 0.1) is 6.92 Å². The van der Waals surface area contributed by atoms with Crippen molar-refractivity contribution in [3.8, 4) is 0 Å². The van der Waals surface area contributed by atoms with Crippen molar-refractivity contribution < 1.29 is 4.79 Å². The monoisotopic (exact) mass is 402 g/mol. The third kappa shape index (κ3) is 4.46. The second-order valence-electron chi connectivity index (χ2n) is 8.35. The van der Waals surface area contributed by atoms with Gasteiger partial charge in [0.2, 0.25) is 0 Å². The molecular formula is C25H30N4O. The van der Waals surface area contributed by atoms with Crippen molar-refractivity contribution in [2.75, 3.05) is 18.8 Å². The van der Waals surface area contributed by atoms with Gasteiger partial charge in [0.25, 0.3) is 0 Å². The summed E-state index contributed by atoms with van der Waals surface area (Å²) in [6.45, 7) is 5.28. The van der Waals surface area contributed by atoms with Gasteiger partial charge in [-0.15, -0.1) is 0 Å². The zero-order chi connectivity index (χ0) is 21.1. The summed E-state index contributed by atoms with van der Waals surface area (Å²) in [7, 11) is 1.99. The molecule has 0 aliphatic carbocycles. The summed E-state index contributed by atoms with van der Waals surface area (Å²) in [5.41, 5.74) is 12.2. The van der Waals surface area contributed by atoms with Gasteiger partial charge >= 0.3 is 0 Å². The van der Waals surface area contributed by atoms with E-state index in [1.807, 2.05) is 54.3 Å². The van der Waals surface area contributed by atoms with Gasteiger partial charge in [-0.25, -0.2) is 0 Å². The number of nitrogen functional groups attached to an aromatic ring is 1. The highest BCUT2D eigenvalue weighted by Crippen LogP contribution is 2.29. The molecule has 2 N–H and O–H groups in total. The zero-order valence-corrected chi connectivity index (χ0v) is 17.8. The molecular weight excluding hydrogens is 372 g/mol. The van der Waals surface area contributed by atoms with Gasteiger partial charge < -0.3 is 5.73 Å². The Balaban J connectivity index is 1.33. The number of nitrogens with zero attached hydrogens (tertiary/aromatic N) is 3. The van der Waals surface area contributed by atoms with Gasteiger partial charge in [-0.05, 0) is 56.0 Å². The number of rotatable bonds is 6. The second-order valence-corrected chi connectivity index (χ2v) is 8.35. The first-order valence-electron chi connectivity index (χ1n) is 10.7. The summed E-state index contributed by atoms with van der Waals surface area (Å²) in [6, 6.07) is 15.8. The first kappa shape index (κ1) is 20.4. The lowest BCUT2D eigenvalue weighted by atomic mass is 9.88. The van der Waals surface area contributed by atoms with Crippen molar-refractivity contribution in [2.45, 2.75) is 38.6 Å². The number of hydrogen-bond acceptors (Lipinski definition) is 4. The van der Waals surface area contributed by atoms with Crippen LogP contribution in [0.5, 0.6) is 0 Å². The average Bonchev–Trinajstić information content (AvgIpc) is 3.08. The number of Topliss-reactive ketones (excluding diaryl/α,β-unsaturated/α-hetero) is 1. The fourth-order valence-corrected chi connectivity index (χ4v) is 4.28. The molecule has 4 rings (SSSR count). The Morgan fingerprint density at radius 3 is 2.40 bits per heavy atom. The number of likely N-dealkylation sites (tertiary alicyclic amines) is 1. The lowest BCUT2D eigenvalue weighted by Gasteiger charge is -2.32. The number of ketones is 1. The largest absolute Gasteiger partial charge is 0.398 e. The predicted molar refractivity (Wildman–Crippen MR) is 121 cm³/mol. The van der Waals surface area contributed by atoms with Crippen LogP contribution in [0.25, 0.3) is 0 Å². The Labute approximate surface area is 178 Å². The molecule has 1 fully saturated rings. The molecule has 0 radical (unpaired) electrons. The number of aromatic nitrogens is 2. The fraction of sp³-hybridized carbons (Fsp3) is 0.360. The molecule has 2 aromatic carbocycles. The first-order valence-corrected chi connectivity index (χ1v) is 10.7. The minimum absolute atomic E-state index is 0.112. The topological polar surface area (TPSA) is 64.2 Å². The number of carbonyl (C=O) groups excluding carboxylic acids is 1. The Morgan fingerprint density at radius 2 is 1.77 bits per heavy atom. The number of carbonyl (C=O) groups is 1. The number of benzene rings is 2. The summed E-state index contributed by atoms with van der Waals surface area (Å²) in [6.07, 6.45) is 4.62. The van der Waals surface area contributed by atoms with Gasteiger partial charge in [-0.1, -0.05) is 42.5 Å². The molecule has 1 aliphatic rings. The van der Waals surface area contributed by atoms with Crippen molar-refractivity contribution in [3.63, 3.8) is 0 Å². The number of anilines is 1. The van der Waals surface area contributed by atoms with Gasteiger partial charge in [-0.2, -0.15) is 5.10 Å². The Hall–Kier alpha value is -2.92. The molecule has 2 heterocycles. The first-order chi connectivity index (χ1) is 14.5. The van der Waals surface area contributed by atoms with E-state index in [1.165, 1.54) is 16.8 Å². The van der Waals surface area contributed by atoms with E-state index in [0.717, 1.165) is 43.6 Å². The van der Waals surface area contributed by atoms with Crippen molar-refractivity contribution >= 4 is 11.5 Å². The highest BCUT2D eigenvalue weighted by molar-refractivity contribution is 5.98. The van der Waals surface area contributed by atoms with Crippen LogP contribution in [0.3, 0.4) is 0 Å². The van der Waals surface area contributed by atoms with Crippen LogP contribution in [0.1, 0.15) is 51.5 Å². The standard InChI is InChI=1S/C25H30N4O/c1-18-23(16-27-28(18)2)17-29-13-11-20(12-14-29)19-7-9-21(10-8-19)25(30)15-22-5-3-4-6-24(22)26/h3-10,16,20H,11-15,17,26H2,1-2H3. The van der Waals surface area contributed by atoms with Crippen molar-refractivity contribution in [3.05, 3.63) is 82.7 Å². The van der Waals surface area contributed by atoms with Crippen molar-refractivity contribution in [2.24, 2.45) is 7.05 Å². The summed E-state index contributed by atoms with van der Waals surface area (Å²) < 4.78 is 1.94. The minimum Gasteiger partial charge on any atom is -0.398 e. The van der Waals surface area contributed by atoms with Gasteiger partial charge in [0.1, 0.15) is 0 Å². The second kappa shape index (κ2) is 8.84. The van der Waals surface area contributed by atoms with E-state index in [-0.39, 0.29) is 5.78 Å². The molecule has 3 aromatic rings. The maximum atomic E-state index is 12.6. The minimum atomic E-state index is 0.112. The van der Waals surface area contributed by atoms with Gasteiger partial charge in [-0.3, -0.25) is 14.4 Å². The molecule has 0 spiro atoms. The van der Waals surface area contributed by atoms with Crippen LogP contribution in [0.4, 0.5) is 5.69 Å². The van der Waals surface area contributed by atoms with E-state index < -0.39 is 0 Å². The van der Waals surface area contributed by atoms with Crippen molar-refractivity contribution in [1.82, 2.24) is 14.7 Å². The van der Waals surface area contributed by atoms with E-state index in [2.05, 4.69) is 29.1 Å². The van der Waals surface area contributed by atoms with E-state index in [0.29, 0.717) is 18.0 Å². The van der Waals surface area contributed by atoms with E-state index in [9.17, 15) is 4.79 Å². The molecule has 30 heavy (non-hydrogen) atoms. The van der Waals surface area contributed by atoms with Crippen molar-refractivity contribution in [1.29, 1.82) is 0 Å². The van der Waals surface area contributed by atoms with E-state index >= 15 is 0 Å². The van der Waals surface area contributed by atoms with Crippen LogP contribution >= 0.6 is 0 Å². The summed E-state index contributed by atoms with van der Waals surface area (Å²) in [5, 5.41) is 4.35. The molecule has 0 unspecified atom stereocenters. The number of nitrogens with two attached hydrogens (primary N) is 1. The molecule has 156 valence electrons. The number of para-hydroxylation sites is 1. The highest BCUT2D eigenvalue weighted by Gasteiger charge is 2.22. The van der Waals surface area contributed by atoms with Crippen LogP contribution in [-0.4, -0.2) is 33.6 Å². The van der Waals surface area contributed by atoms with Gasteiger partial charge in [0, 0.05) is 42.5 Å². The van der Waals surface area contributed by atoms with Crippen LogP contribution < -0.4 is 5.73 Å². The molecule has 1 aromatic heterocycles. The van der Waals surface area contributed by atoms with Crippen LogP contribution in [-0.2, 0) is 20.0 Å². The summed E-state index contributed by atoms with van der Waals surface area (Å²) >= 11 is 0. The van der Waals surface area contributed by atoms with Crippen LogP contribution in [0.2, 0.25) is 0 Å². The molecule has 5 nitrogen and oxygen atoms in total. The predicted octanol–water partition coefficient (Wildman–Crippen LogP) is 4.12. The normalized spacial score (nSPS) is 15.4. The van der Waals surface area contributed by atoms with Gasteiger partial charge in [0.05, 0.1) is 6.20 Å². The number of piperidine rings is 1. The maximum absolute atomic E-state index is 12.6. The Kier molecular flexibility index (Phi) is 6.00. The third-order valence-corrected chi connectivity index (χ3v) is 6.43. The smallest absolute Gasteiger partial charge is 0.167 e. The number of hydrogen-bond donors (Lipinski definition) is 1. The summed E-state index contributed by atoms with van der Waals surface area (Å²) in [5.74, 6) is 0.672. The molecule has 0 amide bonds. The third-order valence-electron chi connectivity index (χ3n) is 6.43. The number of aryl methyl sites for hydroxylation is 1. The lowest BCUT2D eigenvalue weighted by molar-refractivity contribution is 0.0993. The molecule has 5 heteroatoms. The molecule has 1 aliphatic heterocycles. The van der Waals surface area contributed by atoms with Gasteiger partial charge in [0.15, 0.2) is 5.78 Å². The average molecular weight is 403 g/mol. The Morgan fingerprint density at radius 1 is 1.07 bits per heavy atom. The molecule has 0 atom stereocenters. The van der Waals surface area contributed by atoms with E-state index in [1.54, 1.807) is 0 Å². The van der Waals surface area contributed by atoms with Crippen LogP contribution in [0.15, 0.2) is 54.7 Å². The summed E-state index contributed by atoms with van der Waals surface area (Å²) in [4.78, 5) is 15.1. The zero-order valence-electron chi connectivity index (χ0n) is 17.8. The Bertz CT molecular complexity index is 1010. The fourth-order valence-electron chi connectivity index (χ4n) is 4.28. The molecule has 1 saturated heterocycles. The lowest BCUT2D eigenvalue weighted by Crippen LogP contribution is -2.32. The quantitative estimate of drug-likeness (QED) is 0.498. The molecule has 0 bridgehead atoms. The highest BCUT2D eigenvalue weighted by atomic mass is 16.1. The maximum Gasteiger partial charge on any atom is 0.167 e. The molecule has 0 saturated carbocycles. The SMILES string of the molecule is Cc1c(CN2CCC(c3ccc(C(=O)Cc4ccccc4N)cc3)CC2)cnn1C.